The molecule has 1 saturated heterocycles. The minimum atomic E-state index is -0.126. The predicted octanol–water partition coefficient (Wildman–Crippen LogP) is 1.97. The van der Waals surface area contributed by atoms with Crippen molar-refractivity contribution in [1.29, 1.82) is 0 Å². The van der Waals surface area contributed by atoms with Gasteiger partial charge in [-0.15, -0.1) is 0 Å². The Bertz CT molecular complexity index is 836. The van der Waals surface area contributed by atoms with Crippen molar-refractivity contribution in [2.24, 2.45) is 0 Å². The van der Waals surface area contributed by atoms with E-state index in [2.05, 4.69) is 31.9 Å². The van der Waals surface area contributed by atoms with Crippen molar-refractivity contribution in [3.05, 3.63) is 47.8 Å². The number of benzene rings is 1. The number of piperazine rings is 1. The number of hydrogen-bond acceptors (Lipinski definition) is 6. The van der Waals surface area contributed by atoms with Crippen LogP contribution in [0.1, 0.15) is 25.0 Å². The van der Waals surface area contributed by atoms with Crippen molar-refractivity contribution >= 4 is 11.9 Å². The first-order valence-corrected chi connectivity index (χ1v) is 10.4. The van der Waals surface area contributed by atoms with E-state index < -0.39 is 0 Å². The van der Waals surface area contributed by atoms with Crippen LogP contribution < -0.4 is 9.64 Å². The Balaban J connectivity index is 1.36. The summed E-state index contributed by atoms with van der Waals surface area (Å²) in [6, 6.07) is 8.02. The van der Waals surface area contributed by atoms with Gasteiger partial charge in [0.1, 0.15) is 5.75 Å². The quantitative estimate of drug-likeness (QED) is 0.771. The molecule has 1 unspecified atom stereocenters. The number of hydrogen-bond donors (Lipinski definition) is 0. The van der Waals surface area contributed by atoms with Crippen molar-refractivity contribution in [3.8, 4) is 5.75 Å². The smallest absolute Gasteiger partial charge is 0.239 e. The lowest BCUT2D eigenvalue weighted by atomic mass is 9.98. The molecule has 0 saturated carbocycles. The van der Waals surface area contributed by atoms with Crippen LogP contribution in [-0.4, -0.2) is 71.0 Å². The number of anilines is 1. The highest BCUT2D eigenvalue weighted by Gasteiger charge is 2.31. The van der Waals surface area contributed by atoms with Crippen LogP contribution in [0.4, 0.5) is 5.95 Å². The molecule has 154 valence electrons. The molecule has 0 spiro atoms. The molecule has 4 rings (SSSR count). The Kier molecular flexibility index (Phi) is 5.94. The highest BCUT2D eigenvalue weighted by molar-refractivity contribution is 5.81. The summed E-state index contributed by atoms with van der Waals surface area (Å²) in [4.78, 5) is 28.2. The first kappa shape index (κ1) is 19.6. The zero-order valence-electron chi connectivity index (χ0n) is 17.3. The Morgan fingerprint density at radius 3 is 2.59 bits per heavy atom. The van der Waals surface area contributed by atoms with E-state index in [0.29, 0.717) is 19.7 Å². The molecule has 1 aromatic carbocycles. The van der Waals surface area contributed by atoms with Crippen LogP contribution in [0.25, 0.3) is 0 Å². The molecule has 29 heavy (non-hydrogen) atoms. The molecule has 1 atom stereocenters. The number of carbonyl (C=O) groups excluding carboxylic acids is 1. The van der Waals surface area contributed by atoms with E-state index in [9.17, 15) is 4.79 Å². The largest absolute Gasteiger partial charge is 0.494 e. The average molecular weight is 396 g/mol. The molecule has 2 aliphatic heterocycles. The van der Waals surface area contributed by atoms with E-state index in [4.69, 9.17) is 4.74 Å². The minimum absolute atomic E-state index is 0.126. The predicted molar refractivity (Wildman–Crippen MR) is 112 cm³/mol. The molecule has 3 heterocycles. The van der Waals surface area contributed by atoms with Crippen LogP contribution in [0.2, 0.25) is 0 Å². The van der Waals surface area contributed by atoms with Gasteiger partial charge in [0, 0.05) is 51.7 Å². The SMILES string of the molecule is CCOc1ccc2c(c1)CN(C(C)C(=O)N1CCN(c3ncccn3)CC1)CC2. The average Bonchev–Trinajstić information content (AvgIpc) is 2.78. The van der Waals surface area contributed by atoms with E-state index >= 15 is 0 Å². The molecule has 1 amide bonds. The third kappa shape index (κ3) is 4.34. The van der Waals surface area contributed by atoms with Gasteiger partial charge in [0.2, 0.25) is 11.9 Å². The second-order valence-corrected chi connectivity index (χ2v) is 7.62. The fourth-order valence-corrected chi connectivity index (χ4v) is 4.14. The van der Waals surface area contributed by atoms with Crippen LogP contribution >= 0.6 is 0 Å². The number of amides is 1. The van der Waals surface area contributed by atoms with Gasteiger partial charge in [-0.1, -0.05) is 6.07 Å². The molecule has 1 aromatic heterocycles. The second kappa shape index (κ2) is 8.78. The molecular weight excluding hydrogens is 366 g/mol. The second-order valence-electron chi connectivity index (χ2n) is 7.62. The normalized spacial score (nSPS) is 18.3. The molecule has 0 bridgehead atoms. The first-order chi connectivity index (χ1) is 14.2. The van der Waals surface area contributed by atoms with E-state index in [-0.39, 0.29) is 11.9 Å². The van der Waals surface area contributed by atoms with Gasteiger partial charge in [-0.25, -0.2) is 9.97 Å². The maximum absolute atomic E-state index is 13.1. The van der Waals surface area contributed by atoms with Gasteiger partial charge >= 0.3 is 0 Å². The molecule has 1 fully saturated rings. The van der Waals surface area contributed by atoms with Crippen LogP contribution in [0.15, 0.2) is 36.7 Å². The lowest BCUT2D eigenvalue weighted by Crippen LogP contribution is -2.55. The fourth-order valence-electron chi connectivity index (χ4n) is 4.14. The Hall–Kier alpha value is -2.67. The van der Waals surface area contributed by atoms with Crippen molar-refractivity contribution in [1.82, 2.24) is 19.8 Å². The van der Waals surface area contributed by atoms with Gasteiger partial charge in [0.05, 0.1) is 12.6 Å². The summed E-state index contributed by atoms with van der Waals surface area (Å²) in [6.45, 7) is 9.35. The van der Waals surface area contributed by atoms with Gasteiger partial charge < -0.3 is 14.5 Å². The van der Waals surface area contributed by atoms with Crippen LogP contribution in [0.5, 0.6) is 5.75 Å². The van der Waals surface area contributed by atoms with Gasteiger partial charge in [0.15, 0.2) is 0 Å². The van der Waals surface area contributed by atoms with Gasteiger partial charge in [-0.3, -0.25) is 9.69 Å². The van der Waals surface area contributed by atoms with Crippen molar-refractivity contribution in [3.63, 3.8) is 0 Å². The topological polar surface area (TPSA) is 61.8 Å². The van der Waals surface area contributed by atoms with E-state index in [1.165, 1.54) is 11.1 Å². The highest BCUT2D eigenvalue weighted by atomic mass is 16.5. The number of rotatable bonds is 5. The van der Waals surface area contributed by atoms with Crippen LogP contribution in [0.3, 0.4) is 0 Å². The van der Waals surface area contributed by atoms with Gasteiger partial charge in [0.25, 0.3) is 0 Å². The molecule has 2 aromatic rings. The third-order valence-electron chi connectivity index (χ3n) is 5.86. The molecule has 0 radical (unpaired) electrons. The first-order valence-electron chi connectivity index (χ1n) is 10.4. The fraction of sp³-hybridized carbons (Fsp3) is 0.500. The zero-order chi connectivity index (χ0) is 20.2. The van der Waals surface area contributed by atoms with E-state index in [0.717, 1.165) is 44.3 Å². The highest BCUT2D eigenvalue weighted by Crippen LogP contribution is 2.25. The number of nitrogens with zero attached hydrogens (tertiary/aromatic N) is 5. The monoisotopic (exact) mass is 395 g/mol. The van der Waals surface area contributed by atoms with Crippen LogP contribution in [0, 0.1) is 0 Å². The summed E-state index contributed by atoms with van der Waals surface area (Å²) < 4.78 is 5.65. The summed E-state index contributed by atoms with van der Waals surface area (Å²) in [6.07, 6.45) is 4.48. The maximum Gasteiger partial charge on any atom is 0.239 e. The standard InChI is InChI=1S/C22H29N5O2/c1-3-29-20-6-5-18-7-10-27(16-19(18)15-20)17(2)21(28)25-11-13-26(14-12-25)22-23-8-4-9-24-22/h4-6,8-9,15,17H,3,7,10-14,16H2,1-2H3. The lowest BCUT2D eigenvalue weighted by Gasteiger charge is -2.39. The van der Waals surface area contributed by atoms with Crippen molar-refractivity contribution in [2.75, 3.05) is 44.2 Å². The number of ether oxygens (including phenoxy) is 1. The Morgan fingerprint density at radius 2 is 1.86 bits per heavy atom. The van der Waals surface area contributed by atoms with Crippen LogP contribution in [-0.2, 0) is 17.8 Å². The van der Waals surface area contributed by atoms with E-state index in [1.54, 1.807) is 12.4 Å². The molecule has 7 heteroatoms. The summed E-state index contributed by atoms with van der Waals surface area (Å²) >= 11 is 0. The molecule has 0 aliphatic carbocycles. The summed E-state index contributed by atoms with van der Waals surface area (Å²) in [5.74, 6) is 1.86. The summed E-state index contributed by atoms with van der Waals surface area (Å²) in [7, 11) is 0. The molecule has 2 aliphatic rings. The lowest BCUT2D eigenvalue weighted by molar-refractivity contribution is -0.137. The zero-order valence-corrected chi connectivity index (χ0v) is 17.3. The van der Waals surface area contributed by atoms with Crippen molar-refractivity contribution in [2.45, 2.75) is 32.9 Å². The summed E-state index contributed by atoms with van der Waals surface area (Å²) in [5.41, 5.74) is 2.63. The summed E-state index contributed by atoms with van der Waals surface area (Å²) in [5, 5.41) is 0. The maximum atomic E-state index is 13.1. The minimum Gasteiger partial charge on any atom is -0.494 e. The number of aromatic nitrogens is 2. The number of carbonyl (C=O) groups is 1. The molecular formula is C22H29N5O2. The molecule has 0 N–H and O–H groups in total. The Morgan fingerprint density at radius 1 is 1.10 bits per heavy atom. The van der Waals surface area contributed by atoms with Gasteiger partial charge in [-0.2, -0.15) is 0 Å². The third-order valence-corrected chi connectivity index (χ3v) is 5.86. The number of fused-ring (bicyclic) bond motifs is 1. The van der Waals surface area contributed by atoms with E-state index in [1.807, 2.05) is 30.9 Å². The Labute approximate surface area is 172 Å². The van der Waals surface area contributed by atoms with Gasteiger partial charge in [-0.05, 0) is 49.6 Å². The molecule has 7 nitrogen and oxygen atoms in total. The van der Waals surface area contributed by atoms with Crippen molar-refractivity contribution < 1.29 is 9.53 Å².